The van der Waals surface area contributed by atoms with Gasteiger partial charge in [0, 0.05) is 36.2 Å². The Morgan fingerprint density at radius 2 is 2.00 bits per heavy atom. The largest absolute Gasteiger partial charge is 0.389 e. The van der Waals surface area contributed by atoms with Crippen molar-refractivity contribution in [1.82, 2.24) is 14.9 Å². The van der Waals surface area contributed by atoms with E-state index < -0.39 is 6.10 Å². The first-order valence-corrected chi connectivity index (χ1v) is 11.7. The van der Waals surface area contributed by atoms with Crippen LogP contribution in [0.2, 0.25) is 5.02 Å². The summed E-state index contributed by atoms with van der Waals surface area (Å²) in [5, 5.41) is 13.6. The molecule has 1 aromatic carbocycles. The summed E-state index contributed by atoms with van der Waals surface area (Å²) in [5.41, 5.74) is 1.26. The fourth-order valence-electron chi connectivity index (χ4n) is 3.27. The maximum absolute atomic E-state index is 12.9. The number of nitrogens with one attached hydrogen (secondary N) is 1. The van der Waals surface area contributed by atoms with Crippen molar-refractivity contribution in [2.24, 2.45) is 0 Å². The summed E-state index contributed by atoms with van der Waals surface area (Å²) in [6, 6.07) is 7.40. The summed E-state index contributed by atoms with van der Waals surface area (Å²) in [4.78, 5) is 23.2. The van der Waals surface area contributed by atoms with Crippen molar-refractivity contribution in [2.45, 2.75) is 39.0 Å². The summed E-state index contributed by atoms with van der Waals surface area (Å²) in [5.74, 6) is 0.548. The predicted molar refractivity (Wildman–Crippen MR) is 130 cm³/mol. The molecule has 9 heteroatoms. The second-order valence-corrected chi connectivity index (χ2v) is 9.95. The highest BCUT2D eigenvalue weighted by molar-refractivity contribution is 7.17. The van der Waals surface area contributed by atoms with Crippen LogP contribution >= 0.6 is 22.9 Å². The number of aliphatic hydroxyl groups excluding tert-OH is 1. The zero-order valence-electron chi connectivity index (χ0n) is 18.9. The topological polar surface area (TPSA) is 87.7 Å². The van der Waals surface area contributed by atoms with Gasteiger partial charge in [0.2, 0.25) is 0 Å². The minimum atomic E-state index is -0.667. The van der Waals surface area contributed by atoms with Gasteiger partial charge in [-0.25, -0.2) is 4.98 Å². The predicted octanol–water partition coefficient (Wildman–Crippen LogP) is 3.93. The lowest BCUT2D eigenvalue weighted by atomic mass is 10.1. The molecular weight excluding hydrogens is 450 g/mol. The zero-order chi connectivity index (χ0) is 23.3. The Labute approximate surface area is 197 Å². The molecule has 2 N–H and O–H groups in total. The number of benzene rings is 1. The third-order valence-electron chi connectivity index (χ3n) is 4.81. The Kier molecular flexibility index (Phi) is 8.43. The average Bonchev–Trinajstić information content (AvgIpc) is 3.15. The molecule has 32 heavy (non-hydrogen) atoms. The molecule has 0 radical (unpaired) electrons. The number of thiophene rings is 1. The molecule has 3 aromatic rings. The summed E-state index contributed by atoms with van der Waals surface area (Å²) in [7, 11) is 1.63. The number of hydrogen-bond donors (Lipinski definition) is 2. The molecule has 2 heterocycles. The van der Waals surface area contributed by atoms with Gasteiger partial charge in [-0.05, 0) is 38.5 Å². The van der Waals surface area contributed by atoms with Crippen molar-refractivity contribution < 1.29 is 14.6 Å². The van der Waals surface area contributed by atoms with E-state index in [1.807, 2.05) is 43.2 Å². The van der Waals surface area contributed by atoms with Crippen molar-refractivity contribution in [3.63, 3.8) is 0 Å². The monoisotopic (exact) mass is 479 g/mol. The van der Waals surface area contributed by atoms with Gasteiger partial charge in [-0.15, -0.1) is 11.3 Å². The standard InChI is InChI=1S/C23H30ClN3O4S/c1-23(2,3)31-13-17(28)11-27(9-10-30-4)12-19-25-21(29)20-18(14-32-22(20)26-19)15-5-7-16(24)8-6-15/h5-8,14,17,28H,9-13H2,1-4H3,(H,25,26,29)/t17-/m0/s1. The SMILES string of the molecule is COCCN(Cc1nc2scc(-c3ccc(Cl)cc3)c2c(=O)[nH]1)C[C@H](O)COC(C)(C)C. The first-order chi connectivity index (χ1) is 15.2. The Morgan fingerprint density at radius 3 is 2.66 bits per heavy atom. The summed E-state index contributed by atoms with van der Waals surface area (Å²) < 4.78 is 10.9. The van der Waals surface area contributed by atoms with Crippen molar-refractivity contribution in [3.05, 3.63) is 50.8 Å². The first kappa shape index (κ1) is 24.8. The number of methoxy groups -OCH3 is 1. The molecule has 0 aliphatic heterocycles. The number of hydrogen-bond acceptors (Lipinski definition) is 7. The molecule has 174 valence electrons. The van der Waals surface area contributed by atoms with Gasteiger partial charge in [-0.1, -0.05) is 23.7 Å². The molecule has 0 unspecified atom stereocenters. The smallest absolute Gasteiger partial charge is 0.260 e. The Hall–Kier alpha value is -1.81. The Bertz CT molecular complexity index is 1080. The number of nitrogens with zero attached hydrogens (tertiary/aromatic N) is 2. The lowest BCUT2D eigenvalue weighted by molar-refractivity contribution is -0.0578. The van der Waals surface area contributed by atoms with Crippen LogP contribution in [0.3, 0.4) is 0 Å². The number of aliphatic hydroxyl groups is 1. The molecule has 0 spiro atoms. The van der Waals surface area contributed by atoms with Crippen LogP contribution in [0.4, 0.5) is 0 Å². The quantitative estimate of drug-likeness (QED) is 0.458. The average molecular weight is 480 g/mol. The van der Waals surface area contributed by atoms with Crippen LogP contribution in [0.15, 0.2) is 34.4 Å². The number of fused-ring (bicyclic) bond motifs is 1. The molecule has 0 saturated heterocycles. The minimum absolute atomic E-state index is 0.181. The number of ether oxygens (including phenoxy) is 2. The van der Waals surface area contributed by atoms with Gasteiger partial charge in [0.05, 0.1) is 36.8 Å². The summed E-state index contributed by atoms with van der Waals surface area (Å²) in [6.07, 6.45) is -0.667. The lowest BCUT2D eigenvalue weighted by Gasteiger charge is -2.27. The van der Waals surface area contributed by atoms with E-state index >= 15 is 0 Å². The number of aromatic amines is 1. The zero-order valence-corrected chi connectivity index (χ0v) is 20.4. The van der Waals surface area contributed by atoms with E-state index in [0.29, 0.717) is 47.3 Å². The van der Waals surface area contributed by atoms with Gasteiger partial charge >= 0.3 is 0 Å². The summed E-state index contributed by atoms with van der Waals surface area (Å²) >= 11 is 7.42. The minimum Gasteiger partial charge on any atom is -0.389 e. The number of aromatic nitrogens is 2. The van der Waals surface area contributed by atoms with Crippen molar-refractivity contribution >= 4 is 33.2 Å². The third kappa shape index (κ3) is 6.84. The van der Waals surface area contributed by atoms with Gasteiger partial charge < -0.3 is 19.6 Å². The summed E-state index contributed by atoms with van der Waals surface area (Å²) in [6.45, 7) is 7.93. The highest BCUT2D eigenvalue weighted by Gasteiger charge is 2.19. The van der Waals surface area contributed by atoms with E-state index in [4.69, 9.17) is 21.1 Å². The van der Waals surface area contributed by atoms with Crippen molar-refractivity contribution in [3.8, 4) is 11.1 Å². The van der Waals surface area contributed by atoms with E-state index in [-0.39, 0.29) is 17.8 Å². The Morgan fingerprint density at radius 1 is 1.28 bits per heavy atom. The fraction of sp³-hybridized carbons (Fsp3) is 0.478. The van der Waals surface area contributed by atoms with Crippen LogP contribution in [0.5, 0.6) is 0 Å². The van der Waals surface area contributed by atoms with Gasteiger partial charge in [0.15, 0.2) is 0 Å². The van der Waals surface area contributed by atoms with Crippen LogP contribution in [-0.4, -0.2) is 65.1 Å². The molecule has 3 rings (SSSR count). The lowest BCUT2D eigenvalue weighted by Crippen LogP contribution is -2.38. The molecule has 0 amide bonds. The van der Waals surface area contributed by atoms with Gasteiger partial charge in [-0.3, -0.25) is 9.69 Å². The van der Waals surface area contributed by atoms with Crippen molar-refractivity contribution in [1.29, 1.82) is 0 Å². The number of rotatable bonds is 10. The molecule has 7 nitrogen and oxygen atoms in total. The molecule has 0 aliphatic rings. The van der Waals surface area contributed by atoms with E-state index in [0.717, 1.165) is 11.1 Å². The molecule has 0 bridgehead atoms. The highest BCUT2D eigenvalue weighted by Crippen LogP contribution is 2.31. The third-order valence-corrected chi connectivity index (χ3v) is 5.94. The second kappa shape index (κ2) is 10.9. The maximum atomic E-state index is 12.9. The van der Waals surface area contributed by atoms with Crippen LogP contribution in [0, 0.1) is 0 Å². The fourth-order valence-corrected chi connectivity index (χ4v) is 4.37. The Balaban J connectivity index is 1.79. The van der Waals surface area contributed by atoms with E-state index in [9.17, 15) is 9.90 Å². The molecule has 2 aromatic heterocycles. The molecule has 1 atom stereocenters. The first-order valence-electron chi connectivity index (χ1n) is 10.5. The van der Waals surface area contributed by atoms with Crippen LogP contribution in [-0.2, 0) is 16.0 Å². The number of halogens is 1. The second-order valence-electron chi connectivity index (χ2n) is 8.65. The van der Waals surface area contributed by atoms with Gasteiger partial charge in [-0.2, -0.15) is 0 Å². The van der Waals surface area contributed by atoms with E-state index in [1.54, 1.807) is 19.2 Å². The normalized spacial score (nSPS) is 13.2. The van der Waals surface area contributed by atoms with E-state index in [2.05, 4.69) is 9.97 Å². The van der Waals surface area contributed by atoms with Crippen molar-refractivity contribution in [2.75, 3.05) is 33.4 Å². The van der Waals surface area contributed by atoms with Gasteiger partial charge in [0.1, 0.15) is 10.7 Å². The maximum Gasteiger partial charge on any atom is 0.260 e. The number of H-pyrrole nitrogens is 1. The highest BCUT2D eigenvalue weighted by atomic mass is 35.5. The molecule has 0 aliphatic carbocycles. The van der Waals surface area contributed by atoms with Crippen LogP contribution in [0.25, 0.3) is 21.3 Å². The molecule has 0 fully saturated rings. The van der Waals surface area contributed by atoms with Crippen LogP contribution in [0.1, 0.15) is 26.6 Å². The van der Waals surface area contributed by atoms with Gasteiger partial charge in [0.25, 0.3) is 5.56 Å². The van der Waals surface area contributed by atoms with Crippen LogP contribution < -0.4 is 5.56 Å². The van der Waals surface area contributed by atoms with E-state index in [1.165, 1.54) is 11.3 Å². The molecular formula is C23H30ClN3O4S. The molecule has 0 saturated carbocycles.